The zero-order valence-electron chi connectivity index (χ0n) is 17.2. The Bertz CT molecular complexity index is 1090. The molecule has 2 N–H and O–H groups in total. The average Bonchev–Trinajstić information content (AvgIpc) is 2.78. The number of carbonyl (C=O) groups is 2. The number of rotatable bonds is 6. The van der Waals surface area contributed by atoms with Gasteiger partial charge in [0.1, 0.15) is 22.2 Å². The molecule has 0 aromatic carbocycles. The number of anilines is 1. The highest BCUT2D eigenvalue weighted by molar-refractivity contribution is 8.00. The molecular weight excluding hydrogens is 414 g/mol. The summed E-state index contributed by atoms with van der Waals surface area (Å²) in [6.07, 6.45) is 3.55. The second-order valence-electron chi connectivity index (χ2n) is 6.94. The molecule has 2 aromatic rings. The van der Waals surface area contributed by atoms with E-state index in [4.69, 9.17) is 12.3 Å². The molecule has 1 saturated heterocycles. The number of hydrogen-bond acceptors (Lipinski definition) is 7. The zero-order chi connectivity index (χ0) is 22.5. The van der Waals surface area contributed by atoms with Gasteiger partial charge in [0, 0.05) is 32.5 Å². The lowest BCUT2D eigenvalue weighted by atomic mass is 10.1. The fraction of sp³-hybridized carbons (Fsp3) is 0.333. The second kappa shape index (κ2) is 9.45. The molecule has 31 heavy (non-hydrogen) atoms. The molecule has 0 radical (unpaired) electrons. The van der Waals surface area contributed by atoms with Gasteiger partial charge < -0.3 is 15.5 Å². The number of likely N-dealkylation sites (N-methyl/N-ethyl adjacent to an activating group) is 1. The first-order chi connectivity index (χ1) is 14.9. The molecule has 0 bridgehead atoms. The number of thioether (sulfide) groups is 1. The summed E-state index contributed by atoms with van der Waals surface area (Å²) >= 11 is 1.07. The third-order valence-electron chi connectivity index (χ3n) is 5.05. The lowest BCUT2D eigenvalue weighted by Gasteiger charge is -2.34. The van der Waals surface area contributed by atoms with Gasteiger partial charge in [0.25, 0.3) is 0 Å². The summed E-state index contributed by atoms with van der Waals surface area (Å²) in [6.45, 7) is 10.7. The van der Waals surface area contributed by atoms with E-state index in [1.807, 2.05) is 6.92 Å². The van der Waals surface area contributed by atoms with Crippen LogP contribution in [0.15, 0.2) is 29.6 Å². The van der Waals surface area contributed by atoms with Crippen LogP contribution in [0.25, 0.3) is 4.85 Å². The first-order valence-corrected chi connectivity index (χ1v) is 10.5. The lowest BCUT2D eigenvalue weighted by Crippen LogP contribution is -2.49. The normalized spacial score (nSPS) is 14.6. The Morgan fingerprint density at radius 3 is 2.68 bits per heavy atom. The predicted molar refractivity (Wildman–Crippen MR) is 116 cm³/mol. The molecule has 2 amide bonds. The van der Waals surface area contributed by atoms with E-state index >= 15 is 0 Å². The molecule has 158 valence electrons. The SMILES string of the molecule is [C-]#[N+]c1c(N2CCN(C)C(=O)C2)nc(SC(C(N)=O)c2ccncc2)c(C#N)c1CC. The molecule has 2 aromatic heterocycles. The molecule has 10 heteroatoms. The molecule has 3 heterocycles. The van der Waals surface area contributed by atoms with Crippen molar-refractivity contribution < 1.29 is 9.59 Å². The monoisotopic (exact) mass is 435 g/mol. The van der Waals surface area contributed by atoms with Crippen LogP contribution >= 0.6 is 11.8 Å². The van der Waals surface area contributed by atoms with Gasteiger partial charge in [0.15, 0.2) is 0 Å². The number of primary amides is 1. The number of pyridine rings is 2. The van der Waals surface area contributed by atoms with Gasteiger partial charge in [0.05, 0.1) is 18.7 Å². The van der Waals surface area contributed by atoms with E-state index in [1.54, 1.807) is 41.4 Å². The Kier molecular flexibility index (Phi) is 6.73. The molecule has 1 atom stereocenters. The summed E-state index contributed by atoms with van der Waals surface area (Å²) in [5.41, 5.74) is 7.36. The minimum Gasteiger partial charge on any atom is -0.368 e. The molecule has 0 spiro atoms. The van der Waals surface area contributed by atoms with Gasteiger partial charge >= 0.3 is 0 Å². The molecule has 0 aliphatic carbocycles. The van der Waals surface area contributed by atoms with Crippen LogP contribution in [0.1, 0.15) is 28.9 Å². The van der Waals surface area contributed by atoms with Crippen molar-refractivity contribution in [2.75, 3.05) is 31.6 Å². The molecule has 0 saturated carbocycles. The highest BCUT2D eigenvalue weighted by Gasteiger charge is 2.30. The third-order valence-corrected chi connectivity index (χ3v) is 6.31. The fourth-order valence-electron chi connectivity index (χ4n) is 3.35. The molecular formula is C21H21N7O2S. The number of carbonyl (C=O) groups excluding carboxylic acids is 2. The van der Waals surface area contributed by atoms with Crippen molar-refractivity contribution in [1.82, 2.24) is 14.9 Å². The summed E-state index contributed by atoms with van der Waals surface area (Å²) < 4.78 is 0. The van der Waals surface area contributed by atoms with E-state index in [1.165, 1.54) is 0 Å². The first-order valence-electron chi connectivity index (χ1n) is 9.60. The van der Waals surface area contributed by atoms with Crippen molar-refractivity contribution in [2.24, 2.45) is 5.73 Å². The van der Waals surface area contributed by atoms with Crippen LogP contribution in [0.4, 0.5) is 11.5 Å². The van der Waals surface area contributed by atoms with Gasteiger partial charge in [-0.2, -0.15) is 5.26 Å². The van der Waals surface area contributed by atoms with E-state index in [0.29, 0.717) is 41.5 Å². The van der Waals surface area contributed by atoms with E-state index < -0.39 is 11.2 Å². The largest absolute Gasteiger partial charge is 0.368 e. The number of nitrogens with zero attached hydrogens (tertiary/aromatic N) is 6. The second-order valence-corrected chi connectivity index (χ2v) is 8.03. The summed E-state index contributed by atoms with van der Waals surface area (Å²) in [5.74, 6) is -0.300. The maximum absolute atomic E-state index is 12.2. The van der Waals surface area contributed by atoms with Crippen LogP contribution in [0.2, 0.25) is 0 Å². The van der Waals surface area contributed by atoms with E-state index in [2.05, 4.69) is 20.9 Å². The number of piperazine rings is 1. The molecule has 1 fully saturated rings. The summed E-state index contributed by atoms with van der Waals surface area (Å²) in [4.78, 5) is 40.1. The quantitative estimate of drug-likeness (QED) is 0.544. The lowest BCUT2D eigenvalue weighted by molar-refractivity contribution is -0.129. The topological polar surface area (TPSA) is 121 Å². The van der Waals surface area contributed by atoms with Crippen molar-refractivity contribution in [2.45, 2.75) is 23.6 Å². The number of nitriles is 1. The predicted octanol–water partition coefficient (Wildman–Crippen LogP) is 2.06. The van der Waals surface area contributed by atoms with Crippen LogP contribution in [-0.2, 0) is 16.0 Å². The van der Waals surface area contributed by atoms with Gasteiger partial charge in [0.2, 0.25) is 17.5 Å². The van der Waals surface area contributed by atoms with E-state index in [9.17, 15) is 14.9 Å². The van der Waals surface area contributed by atoms with Crippen LogP contribution in [0, 0.1) is 17.9 Å². The molecule has 1 aliphatic rings. The summed E-state index contributed by atoms with van der Waals surface area (Å²) in [6, 6.07) is 5.51. The van der Waals surface area contributed by atoms with E-state index in [-0.39, 0.29) is 23.7 Å². The van der Waals surface area contributed by atoms with E-state index in [0.717, 1.165) is 11.8 Å². The number of amides is 2. The molecule has 9 nitrogen and oxygen atoms in total. The Hall–Kier alpha value is -3.63. The molecule has 3 rings (SSSR count). The summed E-state index contributed by atoms with van der Waals surface area (Å²) in [7, 11) is 1.73. The van der Waals surface area contributed by atoms with Crippen LogP contribution in [-0.4, -0.2) is 53.4 Å². The van der Waals surface area contributed by atoms with Crippen molar-refractivity contribution in [3.63, 3.8) is 0 Å². The first kappa shape index (κ1) is 22.1. The Labute approximate surface area is 184 Å². The van der Waals surface area contributed by atoms with Crippen molar-refractivity contribution >= 4 is 35.1 Å². The third kappa shape index (κ3) is 4.44. The number of nitrogens with two attached hydrogens (primary N) is 1. The standard InChI is InChI=1S/C21H21N7O2S/c1-4-14-15(11-22)21(31-18(19(23)30)13-5-7-25-8-6-13)26-20(17(14)24-2)28-10-9-27(3)16(29)12-28/h5-8,18H,4,9-10,12H2,1,3H3,(H2,23,30). The highest BCUT2D eigenvalue weighted by Crippen LogP contribution is 2.42. The van der Waals surface area contributed by atoms with Crippen LogP contribution < -0.4 is 10.6 Å². The van der Waals surface area contributed by atoms with Gasteiger partial charge in [-0.05, 0) is 29.7 Å². The van der Waals surface area contributed by atoms with Gasteiger partial charge in [-0.15, -0.1) is 0 Å². The van der Waals surface area contributed by atoms with Crippen LogP contribution in [0.3, 0.4) is 0 Å². The number of aromatic nitrogens is 2. The van der Waals surface area contributed by atoms with Gasteiger partial charge in [-0.25, -0.2) is 9.83 Å². The van der Waals surface area contributed by atoms with Crippen molar-refractivity contribution in [1.29, 1.82) is 5.26 Å². The Balaban J connectivity index is 2.13. The zero-order valence-corrected chi connectivity index (χ0v) is 18.0. The maximum atomic E-state index is 12.2. The Morgan fingerprint density at radius 1 is 1.42 bits per heavy atom. The highest BCUT2D eigenvalue weighted by atomic mass is 32.2. The average molecular weight is 436 g/mol. The Morgan fingerprint density at radius 2 is 2.13 bits per heavy atom. The minimum atomic E-state index is -0.784. The minimum absolute atomic E-state index is 0.0765. The number of hydrogen-bond donors (Lipinski definition) is 1. The van der Waals surface area contributed by atoms with Crippen molar-refractivity contribution in [3.05, 3.63) is 52.6 Å². The van der Waals surface area contributed by atoms with Crippen LogP contribution in [0.5, 0.6) is 0 Å². The smallest absolute Gasteiger partial charge is 0.241 e. The maximum Gasteiger partial charge on any atom is 0.241 e. The molecule has 1 unspecified atom stereocenters. The van der Waals surface area contributed by atoms with Gasteiger partial charge in [-0.1, -0.05) is 18.7 Å². The van der Waals surface area contributed by atoms with Crippen molar-refractivity contribution in [3.8, 4) is 6.07 Å². The summed E-state index contributed by atoms with van der Waals surface area (Å²) in [5, 5.41) is 9.37. The van der Waals surface area contributed by atoms with Gasteiger partial charge in [-0.3, -0.25) is 14.6 Å². The fourth-order valence-corrected chi connectivity index (χ4v) is 4.41. The molecule has 1 aliphatic heterocycles.